The van der Waals surface area contributed by atoms with Crippen LogP contribution in [0.2, 0.25) is 0 Å². The van der Waals surface area contributed by atoms with E-state index in [2.05, 4.69) is 21.3 Å². The van der Waals surface area contributed by atoms with Gasteiger partial charge in [0, 0.05) is 28.9 Å². The summed E-state index contributed by atoms with van der Waals surface area (Å²) in [4.78, 5) is 87.8. The fourth-order valence-electron chi connectivity index (χ4n) is 3.89. The van der Waals surface area contributed by atoms with Crippen LogP contribution in [0, 0.1) is 11.8 Å². The number of carboxylic acids is 1. The molecule has 0 aliphatic carbocycles. The minimum Gasteiger partial charge on any atom is -0.480 e. The number of amides is 4. The number of esters is 1. The minimum absolute atomic E-state index is 0.0441. The first kappa shape index (κ1) is 42.2. The predicted octanol–water partition coefficient (Wildman–Crippen LogP) is -0.428. The first-order valence-electron chi connectivity index (χ1n) is 15.2. The lowest BCUT2D eigenvalue weighted by atomic mass is 10.0. The zero-order chi connectivity index (χ0) is 35.7. The Bertz CT molecular complexity index is 1130. The number of hydrogen-bond donors (Lipinski definition) is 7. The van der Waals surface area contributed by atoms with Crippen LogP contribution in [0.3, 0.4) is 0 Å². The van der Waals surface area contributed by atoms with Crippen LogP contribution in [0.4, 0.5) is 0 Å². The number of nitrogens with two attached hydrogens (primary N) is 2. The van der Waals surface area contributed by atoms with Crippen LogP contribution in [-0.2, 0) is 38.3 Å². The highest BCUT2D eigenvalue weighted by atomic mass is 33.1. The number of allylic oxidation sites excluding steroid dienone is 1. The number of carbonyl (C=O) groups excluding carboxylic acids is 6. The maximum Gasteiger partial charge on any atom is 0.329 e. The summed E-state index contributed by atoms with van der Waals surface area (Å²) in [5.74, 6) is -4.61. The first-order valence-corrected chi connectivity index (χ1v) is 18.7. The number of cyclic esters (lactones) is 1. The summed E-state index contributed by atoms with van der Waals surface area (Å²) >= 11 is 1.06. The topological polar surface area (TPSA) is 249 Å². The van der Waals surface area contributed by atoms with Gasteiger partial charge in [0.25, 0.3) is 0 Å². The summed E-state index contributed by atoms with van der Waals surface area (Å²) in [6.45, 7) is 7.92. The highest BCUT2D eigenvalue weighted by molar-refractivity contribution is 8.76. The Morgan fingerprint density at radius 3 is 2.32 bits per heavy atom. The number of aliphatic carboxylic acids is 1. The molecule has 0 bridgehead atoms. The van der Waals surface area contributed by atoms with Crippen LogP contribution >= 0.6 is 33.3 Å². The zero-order valence-corrected chi connectivity index (χ0v) is 29.7. The van der Waals surface area contributed by atoms with E-state index in [1.165, 1.54) is 21.6 Å². The van der Waals surface area contributed by atoms with Gasteiger partial charge in [-0.3, -0.25) is 24.0 Å². The zero-order valence-electron chi connectivity index (χ0n) is 27.3. The first-order chi connectivity index (χ1) is 22.1. The lowest BCUT2D eigenvalue weighted by molar-refractivity contribution is -0.153. The Hall–Kier alpha value is -2.80. The molecule has 0 saturated heterocycles. The van der Waals surface area contributed by atoms with Gasteiger partial charge in [-0.05, 0) is 24.3 Å². The van der Waals surface area contributed by atoms with Crippen molar-refractivity contribution in [2.75, 3.05) is 23.8 Å². The molecule has 266 valence electrons. The van der Waals surface area contributed by atoms with Gasteiger partial charge < -0.3 is 47.4 Å². The maximum atomic E-state index is 13.8. The Kier molecular flexibility index (Phi) is 19.7. The second kappa shape index (κ2) is 22.0. The smallest absolute Gasteiger partial charge is 0.329 e. The molecule has 7 atom stereocenters. The molecule has 0 spiro atoms. The number of thioether (sulfide) groups is 1. The number of aldehydes is 1. The van der Waals surface area contributed by atoms with Gasteiger partial charge in [0.2, 0.25) is 23.6 Å². The van der Waals surface area contributed by atoms with E-state index in [0.29, 0.717) is 18.5 Å². The average Bonchev–Trinajstić information content (AvgIpc) is 3.00. The van der Waals surface area contributed by atoms with Gasteiger partial charge in [0.15, 0.2) is 0 Å². The van der Waals surface area contributed by atoms with Gasteiger partial charge in [-0.1, -0.05) is 62.3 Å². The number of rotatable bonds is 13. The van der Waals surface area contributed by atoms with Crippen molar-refractivity contribution in [3.63, 3.8) is 0 Å². The Morgan fingerprint density at radius 1 is 1.06 bits per heavy atom. The molecular formula is C29H48N6O9S3. The second-order valence-electron chi connectivity index (χ2n) is 11.5. The van der Waals surface area contributed by atoms with E-state index in [1.54, 1.807) is 46.8 Å². The summed E-state index contributed by atoms with van der Waals surface area (Å²) < 4.78 is 5.56. The number of hydrogen-bond acceptors (Lipinski definition) is 13. The predicted molar refractivity (Wildman–Crippen MR) is 183 cm³/mol. The van der Waals surface area contributed by atoms with Crippen molar-refractivity contribution in [2.24, 2.45) is 23.3 Å². The number of carbonyl (C=O) groups is 7. The van der Waals surface area contributed by atoms with Crippen LogP contribution in [0.25, 0.3) is 0 Å². The molecule has 0 fully saturated rings. The van der Waals surface area contributed by atoms with Gasteiger partial charge >= 0.3 is 11.9 Å². The molecule has 1 rings (SSSR count). The molecule has 7 unspecified atom stereocenters. The van der Waals surface area contributed by atoms with E-state index < -0.39 is 89.6 Å². The van der Waals surface area contributed by atoms with E-state index in [-0.39, 0.29) is 23.8 Å². The third-order valence-corrected chi connectivity index (χ3v) is 10.6. The van der Waals surface area contributed by atoms with E-state index >= 15 is 0 Å². The van der Waals surface area contributed by atoms with E-state index in [9.17, 15) is 33.6 Å². The summed E-state index contributed by atoms with van der Waals surface area (Å²) in [5, 5.41) is 18.3. The van der Waals surface area contributed by atoms with Crippen molar-refractivity contribution in [3.8, 4) is 0 Å². The molecule has 0 aromatic rings. The van der Waals surface area contributed by atoms with Crippen molar-refractivity contribution in [1.29, 1.82) is 0 Å². The Morgan fingerprint density at radius 2 is 1.72 bits per heavy atom. The van der Waals surface area contributed by atoms with Gasteiger partial charge in [-0.15, -0.1) is 0 Å². The minimum atomic E-state index is -1.28. The molecule has 15 nitrogen and oxygen atoms in total. The average molecular weight is 721 g/mol. The third-order valence-electron chi connectivity index (χ3n) is 6.84. The molecule has 1 aliphatic heterocycles. The van der Waals surface area contributed by atoms with Crippen molar-refractivity contribution < 1.29 is 43.4 Å². The summed E-state index contributed by atoms with van der Waals surface area (Å²) in [5.41, 5.74) is 12.0. The SMILES string of the molecule is CC(C)C(N)C(=O)NC1CSSCC/C=C/C(CC=O)OC(=O)C(C(C)C)NC(=O)C(C(C)SCC(N)C(=O)NCC(=O)O)NC1=O. The van der Waals surface area contributed by atoms with Crippen LogP contribution < -0.4 is 32.7 Å². The quantitative estimate of drug-likeness (QED) is 0.0553. The van der Waals surface area contributed by atoms with Crippen LogP contribution in [0.5, 0.6) is 0 Å². The van der Waals surface area contributed by atoms with Crippen LogP contribution in [-0.4, -0.2) is 112 Å². The molecule has 1 aliphatic rings. The van der Waals surface area contributed by atoms with Crippen molar-refractivity contribution >= 4 is 75.2 Å². The fourth-order valence-corrected chi connectivity index (χ4v) is 7.09. The molecule has 0 aromatic heterocycles. The summed E-state index contributed by atoms with van der Waals surface area (Å²) in [7, 11) is 2.77. The summed E-state index contributed by atoms with van der Waals surface area (Å²) in [6.07, 6.45) is 3.70. The van der Waals surface area contributed by atoms with E-state index in [0.717, 1.165) is 11.8 Å². The van der Waals surface area contributed by atoms with E-state index in [4.69, 9.17) is 21.3 Å². The molecule has 47 heavy (non-hydrogen) atoms. The van der Waals surface area contributed by atoms with Gasteiger partial charge in [0.1, 0.15) is 37.1 Å². The largest absolute Gasteiger partial charge is 0.480 e. The van der Waals surface area contributed by atoms with Gasteiger partial charge in [0.05, 0.1) is 12.1 Å². The molecule has 0 aromatic carbocycles. The second-order valence-corrected chi connectivity index (χ2v) is 15.5. The maximum absolute atomic E-state index is 13.8. The van der Waals surface area contributed by atoms with Gasteiger partial charge in [-0.2, -0.15) is 11.8 Å². The highest BCUT2D eigenvalue weighted by Crippen LogP contribution is 2.24. The highest BCUT2D eigenvalue weighted by Gasteiger charge is 2.36. The van der Waals surface area contributed by atoms with Crippen molar-refractivity contribution in [2.45, 2.75) is 89.0 Å². The van der Waals surface area contributed by atoms with E-state index in [1.807, 2.05) is 0 Å². The molecule has 0 radical (unpaired) electrons. The Labute approximate surface area is 287 Å². The van der Waals surface area contributed by atoms with Crippen molar-refractivity contribution in [3.05, 3.63) is 12.2 Å². The number of ether oxygens (including phenoxy) is 1. The standard InChI is InChI=1S/C29H48N6O9S3/c1-15(2)22(31)27(41)33-20-14-47-46-11-7-6-8-18(9-10-36)44-29(43)23(16(3)4)34-28(42)24(35-26(20)40)17(5)45-13-19(30)25(39)32-12-21(37)38/h6,8,10,15-20,22-24H,7,9,11-14,30-31H2,1-5H3,(H,32,39)(H,33,41)(H,34,42)(H,35,40)(H,37,38)/b8-6+. The molecular weight excluding hydrogens is 673 g/mol. The lowest BCUT2D eigenvalue weighted by Gasteiger charge is -2.30. The molecule has 1 heterocycles. The fraction of sp³-hybridized carbons (Fsp3) is 0.690. The molecule has 0 saturated carbocycles. The van der Waals surface area contributed by atoms with Crippen LogP contribution in [0.1, 0.15) is 47.5 Å². The van der Waals surface area contributed by atoms with Crippen LogP contribution in [0.15, 0.2) is 12.2 Å². The molecule has 4 amide bonds. The molecule has 9 N–H and O–H groups in total. The summed E-state index contributed by atoms with van der Waals surface area (Å²) in [6, 6.07) is -5.51. The molecule has 18 heteroatoms. The monoisotopic (exact) mass is 720 g/mol. The number of nitrogens with one attached hydrogen (secondary N) is 4. The van der Waals surface area contributed by atoms with Crippen molar-refractivity contribution in [1.82, 2.24) is 21.3 Å². The normalized spacial score (nSPS) is 24.5. The third kappa shape index (κ3) is 15.8. The number of carboxylic acid groups (broad SMARTS) is 1. The van der Waals surface area contributed by atoms with Gasteiger partial charge in [-0.25, -0.2) is 4.79 Å². The lowest BCUT2D eigenvalue weighted by Crippen LogP contribution is -2.61. The Balaban J connectivity index is 3.41.